The number of amides is 1. The number of carbonyl (C=O) groups excluding carboxylic acids is 1. The molecule has 2 heterocycles. The number of sulfonamides is 1. The fraction of sp³-hybridized carbons (Fsp3) is 0.273. The van der Waals surface area contributed by atoms with Crippen molar-refractivity contribution in [3.05, 3.63) is 63.5 Å². The zero-order valence-electron chi connectivity index (χ0n) is 17.6. The highest BCUT2D eigenvalue weighted by molar-refractivity contribution is 7.99. The zero-order chi connectivity index (χ0) is 23.3. The Bertz CT molecular complexity index is 1280. The van der Waals surface area contributed by atoms with E-state index in [1.807, 2.05) is 6.07 Å². The number of H-pyrrole nitrogens is 1. The zero-order valence-corrected chi connectivity index (χ0v) is 20.0. The smallest absolute Gasteiger partial charge is 0.257 e. The maximum Gasteiger partial charge on any atom is 0.257 e. The molecule has 0 saturated heterocycles. The monoisotopic (exact) mass is 499 g/mol. The van der Waals surface area contributed by atoms with Gasteiger partial charge in [0.1, 0.15) is 11.6 Å². The number of thioether (sulfide) groups is 1. The molecule has 0 bridgehead atoms. The van der Waals surface area contributed by atoms with Crippen LogP contribution in [-0.4, -0.2) is 25.1 Å². The van der Waals surface area contributed by atoms with E-state index in [-0.39, 0.29) is 21.7 Å². The number of fused-ring (bicyclic) bond motifs is 1. The molecule has 3 aromatic rings. The van der Waals surface area contributed by atoms with Gasteiger partial charge in [-0.15, -0.1) is 0 Å². The summed E-state index contributed by atoms with van der Waals surface area (Å²) in [6.07, 6.45) is 6.81. The van der Waals surface area contributed by atoms with Gasteiger partial charge in [-0.25, -0.2) is 13.4 Å². The number of benzene rings is 1. The van der Waals surface area contributed by atoms with E-state index in [2.05, 4.69) is 26.1 Å². The molecule has 0 saturated carbocycles. The second-order valence-electron chi connectivity index (χ2n) is 7.43. The molecule has 1 aromatic carbocycles. The van der Waals surface area contributed by atoms with Crippen LogP contribution in [0.15, 0.2) is 51.8 Å². The minimum atomic E-state index is -3.87. The Kier molecular flexibility index (Phi) is 7.27. The Balaban J connectivity index is 1.37. The van der Waals surface area contributed by atoms with Crippen LogP contribution in [-0.2, 0) is 27.7 Å². The molecule has 2 aromatic heterocycles. The number of pyridine rings is 1. The van der Waals surface area contributed by atoms with Gasteiger partial charge < -0.3 is 15.0 Å². The van der Waals surface area contributed by atoms with Gasteiger partial charge in [-0.2, -0.15) is 16.6 Å². The van der Waals surface area contributed by atoms with Gasteiger partial charge in [-0.3, -0.25) is 4.79 Å². The molecule has 1 aliphatic rings. The van der Waals surface area contributed by atoms with Crippen molar-refractivity contribution in [1.82, 2.24) is 4.98 Å². The minimum absolute atomic E-state index is 0.0170. The molecule has 0 radical (unpaired) electrons. The Labute approximate surface area is 200 Å². The summed E-state index contributed by atoms with van der Waals surface area (Å²) in [4.78, 5) is 19.7. The van der Waals surface area contributed by atoms with Crippen LogP contribution in [0.3, 0.4) is 0 Å². The highest BCUT2D eigenvalue weighted by Crippen LogP contribution is 2.30. The summed E-state index contributed by atoms with van der Waals surface area (Å²) in [6.45, 7) is 0. The molecule has 4 rings (SSSR count). The molecule has 0 fully saturated rings. The number of hydrogen-bond acceptors (Lipinski definition) is 7. The van der Waals surface area contributed by atoms with E-state index in [1.165, 1.54) is 54.2 Å². The molecule has 0 unspecified atom stereocenters. The maximum absolute atomic E-state index is 12.5. The van der Waals surface area contributed by atoms with Crippen LogP contribution in [0.1, 0.15) is 36.1 Å². The van der Waals surface area contributed by atoms with Crippen LogP contribution in [0.25, 0.3) is 4.72 Å². The number of nitrogens with zero attached hydrogens (tertiary/aromatic N) is 3. The summed E-state index contributed by atoms with van der Waals surface area (Å²) < 4.78 is 28.4. The number of carbonyl (C=O) groups is 1. The number of hydrogen-bond donors (Lipinski definition) is 1. The second kappa shape index (κ2) is 10.3. The lowest BCUT2D eigenvalue weighted by molar-refractivity contribution is -0.438. The summed E-state index contributed by atoms with van der Waals surface area (Å²) in [5.74, 6) is -0.140. The fourth-order valence-corrected chi connectivity index (χ4v) is 5.98. The topological polar surface area (TPSA) is 128 Å². The molecule has 1 amide bonds. The number of anilines is 1. The van der Waals surface area contributed by atoms with Gasteiger partial charge in [0, 0.05) is 22.8 Å². The first-order chi connectivity index (χ1) is 15.9. The summed E-state index contributed by atoms with van der Waals surface area (Å²) in [5.41, 5.74) is 3.36. The average Bonchev–Trinajstić information content (AvgIpc) is 3.19. The maximum atomic E-state index is 12.5. The molecule has 170 valence electrons. The van der Waals surface area contributed by atoms with Crippen molar-refractivity contribution in [3.63, 3.8) is 0 Å². The van der Waals surface area contributed by atoms with E-state index in [0.29, 0.717) is 16.3 Å². The number of rotatable bonds is 7. The van der Waals surface area contributed by atoms with Crippen LogP contribution in [0.2, 0.25) is 0 Å². The van der Waals surface area contributed by atoms with Gasteiger partial charge in [0.2, 0.25) is 15.9 Å². The van der Waals surface area contributed by atoms with Gasteiger partial charge >= 0.3 is 0 Å². The molecule has 33 heavy (non-hydrogen) atoms. The largest absolute Gasteiger partial charge is 0.433 e. The molecular formula is C22H21N5O3S3. The van der Waals surface area contributed by atoms with Crippen molar-refractivity contribution < 1.29 is 18.2 Å². The van der Waals surface area contributed by atoms with Gasteiger partial charge in [-0.05, 0) is 66.7 Å². The van der Waals surface area contributed by atoms with Gasteiger partial charge in [0.15, 0.2) is 5.69 Å². The number of aryl methyl sites for hydroxylation is 2. The summed E-state index contributed by atoms with van der Waals surface area (Å²) in [5, 5.41) is 14.8. The Hall–Kier alpha value is -2.94. The molecule has 0 spiro atoms. The quantitative estimate of drug-likeness (QED) is 0.383. The van der Waals surface area contributed by atoms with E-state index in [0.717, 1.165) is 42.7 Å². The predicted octanol–water partition coefficient (Wildman–Crippen LogP) is 4.22. The Morgan fingerprint density at radius 3 is 2.76 bits per heavy atom. The normalized spacial score (nSPS) is 13.4. The lowest BCUT2D eigenvalue weighted by atomic mass is 10.1. The molecule has 2 N–H and O–H groups in total. The van der Waals surface area contributed by atoms with Gasteiger partial charge in [-0.1, -0.05) is 12.6 Å². The van der Waals surface area contributed by atoms with Crippen molar-refractivity contribution >= 4 is 49.8 Å². The average molecular weight is 500 g/mol. The van der Waals surface area contributed by atoms with E-state index in [4.69, 9.17) is 0 Å². The minimum Gasteiger partial charge on any atom is -0.433 e. The van der Waals surface area contributed by atoms with E-state index >= 15 is 0 Å². The third kappa shape index (κ3) is 5.90. The Morgan fingerprint density at radius 2 is 2.03 bits per heavy atom. The first-order valence-corrected chi connectivity index (χ1v) is 13.6. The third-order valence-corrected chi connectivity index (χ3v) is 8.19. The van der Waals surface area contributed by atoms with Crippen LogP contribution in [0.4, 0.5) is 10.8 Å². The molecule has 1 aliphatic carbocycles. The number of aromatic nitrogens is 2. The number of nitriles is 1. The number of thiazole rings is 1. The van der Waals surface area contributed by atoms with E-state index in [9.17, 15) is 18.5 Å². The molecular weight excluding hydrogens is 478 g/mol. The standard InChI is InChI=1S/C22H21N5O3S3/c23-13-16-12-15-4-2-1-3-5-19(15)26-21(16)32-14-20(28)25-17-6-8-18(9-7-17)33(29,30)27-22-24-10-11-31-22/h6-12H,1-5,14H2,(H2,24,25,27,28). The first-order valence-electron chi connectivity index (χ1n) is 10.3. The van der Waals surface area contributed by atoms with Crippen molar-refractivity contribution in [2.24, 2.45) is 0 Å². The predicted molar refractivity (Wildman–Crippen MR) is 127 cm³/mol. The molecule has 11 heteroatoms. The van der Waals surface area contributed by atoms with Crippen molar-refractivity contribution in [1.29, 1.82) is 5.26 Å². The van der Waals surface area contributed by atoms with Gasteiger partial charge in [0.05, 0.1) is 10.6 Å². The van der Waals surface area contributed by atoms with Crippen LogP contribution < -0.4 is 10.3 Å². The van der Waals surface area contributed by atoms with Crippen molar-refractivity contribution in [3.8, 4) is 6.07 Å². The first kappa shape index (κ1) is 23.2. The second-order valence-corrected chi connectivity index (χ2v) is 10.9. The third-order valence-electron chi connectivity index (χ3n) is 5.11. The molecule has 0 aliphatic heterocycles. The van der Waals surface area contributed by atoms with Crippen molar-refractivity contribution in [2.45, 2.75) is 42.0 Å². The van der Waals surface area contributed by atoms with Crippen LogP contribution in [0, 0.1) is 11.3 Å². The summed E-state index contributed by atoms with van der Waals surface area (Å²) >= 11 is 2.41. The van der Waals surface area contributed by atoms with Crippen molar-refractivity contribution in [2.75, 3.05) is 11.1 Å². The van der Waals surface area contributed by atoms with Crippen LogP contribution in [0.5, 0.6) is 0 Å². The number of nitrogens with one attached hydrogen (secondary N) is 2. The lowest BCUT2D eigenvalue weighted by Crippen LogP contribution is -2.20. The Morgan fingerprint density at radius 1 is 1.24 bits per heavy atom. The van der Waals surface area contributed by atoms with E-state index < -0.39 is 10.0 Å². The van der Waals surface area contributed by atoms with Crippen LogP contribution >= 0.6 is 23.1 Å². The fourth-order valence-electron chi connectivity index (χ4n) is 3.51. The lowest BCUT2D eigenvalue weighted by Gasteiger charge is -2.12. The summed E-state index contributed by atoms with van der Waals surface area (Å²) in [6, 6.07) is 9.98. The SMILES string of the molecule is N#Cc1cc2c([nH+]c1SCC(=O)Nc1ccc(S(=O)(=O)[N-]c3nccs3)cc1)CCCCC2. The molecule has 8 nitrogen and oxygen atoms in total. The highest BCUT2D eigenvalue weighted by atomic mass is 32.2. The highest BCUT2D eigenvalue weighted by Gasteiger charge is 2.21. The summed E-state index contributed by atoms with van der Waals surface area (Å²) in [7, 11) is -3.87. The van der Waals surface area contributed by atoms with E-state index in [1.54, 1.807) is 5.38 Å². The van der Waals surface area contributed by atoms with Gasteiger partial charge in [0.25, 0.3) is 5.03 Å². The molecule has 0 atom stereocenters. The number of aromatic amines is 1.